The molecule has 0 saturated carbocycles. The Bertz CT molecular complexity index is 546. The van der Waals surface area contributed by atoms with E-state index >= 15 is 0 Å². The summed E-state index contributed by atoms with van der Waals surface area (Å²) in [7, 11) is 0. The van der Waals surface area contributed by atoms with Crippen LogP contribution in [-0.4, -0.2) is 23.2 Å². The Morgan fingerprint density at radius 3 is 2.52 bits per heavy atom. The number of anilines is 1. The minimum Gasteiger partial charge on any atom is -0.338 e. The van der Waals surface area contributed by atoms with Crippen LogP contribution in [0, 0.1) is 0 Å². The summed E-state index contributed by atoms with van der Waals surface area (Å²) in [5.41, 5.74) is 7.37. The van der Waals surface area contributed by atoms with Crippen molar-refractivity contribution in [1.82, 2.24) is 10.1 Å². The Kier molecular flexibility index (Phi) is 4.50. The van der Waals surface area contributed by atoms with Crippen LogP contribution in [0.4, 0.5) is 5.95 Å². The van der Waals surface area contributed by atoms with E-state index < -0.39 is 0 Å². The third-order valence-corrected chi connectivity index (χ3v) is 3.94. The quantitative estimate of drug-likeness (QED) is 0.936. The average molecular weight is 286 g/mol. The normalized spacial score (nSPS) is 17.5. The molecule has 1 aliphatic rings. The van der Waals surface area contributed by atoms with Crippen LogP contribution in [0.3, 0.4) is 0 Å². The van der Waals surface area contributed by atoms with Crippen molar-refractivity contribution in [3.63, 3.8) is 0 Å². The average Bonchev–Trinajstić information content (AvgIpc) is 2.85. The van der Waals surface area contributed by atoms with Gasteiger partial charge in [-0.3, -0.25) is 0 Å². The predicted molar refractivity (Wildman–Crippen MR) is 82.1 cm³/mol. The molecule has 0 radical (unpaired) electrons. The maximum absolute atomic E-state index is 6.19. The van der Waals surface area contributed by atoms with Crippen molar-refractivity contribution in [2.24, 2.45) is 5.73 Å². The van der Waals surface area contributed by atoms with Gasteiger partial charge >= 0.3 is 0 Å². The van der Waals surface area contributed by atoms with Crippen molar-refractivity contribution < 1.29 is 4.52 Å². The molecule has 21 heavy (non-hydrogen) atoms. The molecule has 2 aromatic rings. The van der Waals surface area contributed by atoms with E-state index in [1.165, 1.54) is 31.2 Å². The molecule has 0 unspecified atom stereocenters. The van der Waals surface area contributed by atoms with E-state index in [-0.39, 0.29) is 6.04 Å². The Hall–Kier alpha value is -1.88. The first kappa shape index (κ1) is 14.1. The van der Waals surface area contributed by atoms with Gasteiger partial charge < -0.3 is 15.2 Å². The van der Waals surface area contributed by atoms with E-state index in [9.17, 15) is 0 Å². The van der Waals surface area contributed by atoms with Gasteiger partial charge in [0.1, 0.15) is 0 Å². The van der Waals surface area contributed by atoms with Gasteiger partial charge in [-0.25, -0.2) is 0 Å². The summed E-state index contributed by atoms with van der Waals surface area (Å²) in [6, 6.07) is 9.90. The van der Waals surface area contributed by atoms with Crippen LogP contribution in [0.15, 0.2) is 34.9 Å². The highest BCUT2D eigenvalue weighted by molar-refractivity contribution is 5.28. The molecular weight excluding hydrogens is 264 g/mol. The molecular formula is C16H22N4O. The van der Waals surface area contributed by atoms with Crippen LogP contribution in [0.1, 0.15) is 43.2 Å². The SMILES string of the molecule is N[C@@H](Cc1ccccc1)c1nc(N2CCCCCC2)no1. The van der Waals surface area contributed by atoms with Gasteiger partial charge in [-0.1, -0.05) is 43.2 Å². The summed E-state index contributed by atoms with van der Waals surface area (Å²) < 4.78 is 5.36. The van der Waals surface area contributed by atoms with E-state index in [0.717, 1.165) is 13.1 Å². The first-order valence-corrected chi connectivity index (χ1v) is 7.71. The second kappa shape index (κ2) is 6.72. The second-order valence-electron chi connectivity index (χ2n) is 5.63. The van der Waals surface area contributed by atoms with E-state index in [2.05, 4.69) is 27.2 Å². The molecule has 0 spiro atoms. The van der Waals surface area contributed by atoms with Crippen molar-refractivity contribution >= 4 is 5.95 Å². The first-order valence-electron chi connectivity index (χ1n) is 7.71. The first-order chi connectivity index (χ1) is 10.3. The fourth-order valence-corrected chi connectivity index (χ4v) is 2.73. The lowest BCUT2D eigenvalue weighted by Crippen LogP contribution is -2.25. The smallest absolute Gasteiger partial charge is 0.266 e. The highest BCUT2D eigenvalue weighted by atomic mass is 16.5. The number of nitrogens with two attached hydrogens (primary N) is 1. The lowest BCUT2D eigenvalue weighted by atomic mass is 10.1. The van der Waals surface area contributed by atoms with Gasteiger partial charge in [-0.05, 0) is 30.0 Å². The van der Waals surface area contributed by atoms with Crippen molar-refractivity contribution in [1.29, 1.82) is 0 Å². The van der Waals surface area contributed by atoms with Crippen molar-refractivity contribution in [3.8, 4) is 0 Å². The molecule has 1 aromatic heterocycles. The Balaban J connectivity index is 1.66. The van der Waals surface area contributed by atoms with Gasteiger partial charge in [-0.15, -0.1) is 0 Å². The largest absolute Gasteiger partial charge is 0.338 e. The summed E-state index contributed by atoms with van der Waals surface area (Å²) in [4.78, 5) is 6.70. The molecule has 0 aliphatic carbocycles. The number of nitrogens with zero attached hydrogens (tertiary/aromatic N) is 3. The van der Waals surface area contributed by atoms with Gasteiger partial charge in [0, 0.05) is 13.1 Å². The van der Waals surface area contributed by atoms with Crippen LogP contribution in [-0.2, 0) is 6.42 Å². The molecule has 5 nitrogen and oxygen atoms in total. The second-order valence-corrected chi connectivity index (χ2v) is 5.63. The van der Waals surface area contributed by atoms with Crippen LogP contribution in [0.25, 0.3) is 0 Å². The van der Waals surface area contributed by atoms with Gasteiger partial charge in [0.05, 0.1) is 6.04 Å². The van der Waals surface area contributed by atoms with Crippen molar-refractivity contribution in [3.05, 3.63) is 41.8 Å². The molecule has 2 N–H and O–H groups in total. The molecule has 0 bridgehead atoms. The third-order valence-electron chi connectivity index (χ3n) is 3.94. The summed E-state index contributed by atoms with van der Waals surface area (Å²) in [6.07, 6.45) is 5.67. The van der Waals surface area contributed by atoms with E-state index in [0.29, 0.717) is 18.3 Å². The zero-order chi connectivity index (χ0) is 14.5. The van der Waals surface area contributed by atoms with Crippen molar-refractivity contribution in [2.75, 3.05) is 18.0 Å². The van der Waals surface area contributed by atoms with Gasteiger partial charge in [0.2, 0.25) is 5.89 Å². The minimum absolute atomic E-state index is 0.249. The lowest BCUT2D eigenvalue weighted by molar-refractivity contribution is 0.353. The molecule has 2 heterocycles. The van der Waals surface area contributed by atoms with Crippen molar-refractivity contribution in [2.45, 2.75) is 38.1 Å². The van der Waals surface area contributed by atoms with Gasteiger partial charge in [0.25, 0.3) is 5.95 Å². The molecule has 1 aliphatic heterocycles. The molecule has 3 rings (SSSR count). The standard InChI is InChI=1S/C16H22N4O/c17-14(12-13-8-4-3-5-9-13)15-18-16(19-21-15)20-10-6-1-2-7-11-20/h3-5,8-9,14H,1-2,6-7,10-12,17H2/t14-/m0/s1. The Morgan fingerprint density at radius 1 is 1.10 bits per heavy atom. The van der Waals surface area contributed by atoms with Gasteiger partial charge in [0.15, 0.2) is 0 Å². The predicted octanol–water partition coefficient (Wildman–Crippen LogP) is 2.69. The zero-order valence-corrected chi connectivity index (χ0v) is 12.2. The molecule has 112 valence electrons. The van der Waals surface area contributed by atoms with E-state index in [1.54, 1.807) is 0 Å². The lowest BCUT2D eigenvalue weighted by Gasteiger charge is -2.16. The highest BCUT2D eigenvalue weighted by Gasteiger charge is 2.19. The topological polar surface area (TPSA) is 68.2 Å². The minimum atomic E-state index is -0.249. The third kappa shape index (κ3) is 3.61. The van der Waals surface area contributed by atoms with Crippen LogP contribution >= 0.6 is 0 Å². The van der Waals surface area contributed by atoms with Crippen LogP contribution in [0.2, 0.25) is 0 Å². The summed E-state index contributed by atoms with van der Waals surface area (Å²) in [5.74, 6) is 1.22. The molecule has 1 aromatic carbocycles. The molecule has 1 atom stereocenters. The fraction of sp³-hybridized carbons (Fsp3) is 0.500. The molecule has 5 heteroatoms. The monoisotopic (exact) mass is 286 g/mol. The van der Waals surface area contributed by atoms with E-state index in [4.69, 9.17) is 10.3 Å². The zero-order valence-electron chi connectivity index (χ0n) is 12.2. The molecule has 0 amide bonds. The summed E-state index contributed by atoms with van der Waals surface area (Å²) in [6.45, 7) is 2.01. The Labute approximate surface area is 125 Å². The number of rotatable bonds is 4. The fourth-order valence-electron chi connectivity index (χ4n) is 2.73. The Morgan fingerprint density at radius 2 is 1.81 bits per heavy atom. The van der Waals surface area contributed by atoms with Crippen LogP contribution in [0.5, 0.6) is 0 Å². The number of benzene rings is 1. The number of aromatic nitrogens is 2. The summed E-state index contributed by atoms with van der Waals surface area (Å²) >= 11 is 0. The summed E-state index contributed by atoms with van der Waals surface area (Å²) in [5, 5.41) is 4.10. The van der Waals surface area contributed by atoms with Gasteiger partial charge in [-0.2, -0.15) is 4.98 Å². The molecule has 1 fully saturated rings. The van der Waals surface area contributed by atoms with E-state index in [1.807, 2.05) is 18.2 Å². The highest BCUT2D eigenvalue weighted by Crippen LogP contribution is 2.20. The maximum Gasteiger partial charge on any atom is 0.266 e. The van der Waals surface area contributed by atoms with Crippen LogP contribution < -0.4 is 10.6 Å². The maximum atomic E-state index is 6.19. The molecule has 1 saturated heterocycles. The number of hydrogen-bond acceptors (Lipinski definition) is 5. The number of hydrogen-bond donors (Lipinski definition) is 1.